The Hall–Kier alpha value is -3.19. The number of ether oxygens (including phenoxy) is 1. The Labute approximate surface area is 195 Å². The van der Waals surface area contributed by atoms with Crippen LogP contribution in [0.15, 0.2) is 54.6 Å². The van der Waals surface area contributed by atoms with Gasteiger partial charge in [0, 0.05) is 30.3 Å². The minimum absolute atomic E-state index is 0.0318. The number of para-hydroxylation sites is 1. The maximum absolute atomic E-state index is 13.6. The summed E-state index contributed by atoms with van der Waals surface area (Å²) < 4.78 is 5.46. The highest BCUT2D eigenvalue weighted by atomic mass is 16.6. The fourth-order valence-electron chi connectivity index (χ4n) is 3.86. The van der Waals surface area contributed by atoms with Gasteiger partial charge in [0.05, 0.1) is 13.1 Å². The van der Waals surface area contributed by atoms with Crippen LogP contribution in [0.5, 0.6) is 0 Å². The summed E-state index contributed by atoms with van der Waals surface area (Å²) in [5.41, 5.74) is 7.21. The van der Waals surface area contributed by atoms with Crippen LogP contribution in [0.4, 0.5) is 10.5 Å². The minimum Gasteiger partial charge on any atom is -0.444 e. The van der Waals surface area contributed by atoms with E-state index in [9.17, 15) is 14.4 Å². The van der Waals surface area contributed by atoms with Gasteiger partial charge in [-0.15, -0.1) is 0 Å². The van der Waals surface area contributed by atoms with E-state index in [2.05, 4.69) is 0 Å². The van der Waals surface area contributed by atoms with E-state index in [1.165, 1.54) is 0 Å². The number of carbonyl (C=O) groups is 3. The molecule has 1 aliphatic rings. The lowest BCUT2D eigenvalue weighted by Gasteiger charge is -2.35. The lowest BCUT2D eigenvalue weighted by molar-refractivity contribution is -0.124. The molecule has 0 radical (unpaired) electrons. The molecule has 1 heterocycles. The van der Waals surface area contributed by atoms with Crippen molar-refractivity contribution in [3.8, 4) is 0 Å². The number of anilines is 1. The summed E-state index contributed by atoms with van der Waals surface area (Å²) in [6.07, 6.45) is 0.844. The van der Waals surface area contributed by atoms with Crippen molar-refractivity contribution in [1.82, 2.24) is 4.90 Å². The van der Waals surface area contributed by atoms with Crippen LogP contribution in [-0.4, -0.2) is 47.9 Å². The molecule has 0 bridgehead atoms. The van der Waals surface area contributed by atoms with Crippen LogP contribution in [0.2, 0.25) is 0 Å². The molecule has 1 fully saturated rings. The van der Waals surface area contributed by atoms with Gasteiger partial charge < -0.3 is 20.3 Å². The summed E-state index contributed by atoms with van der Waals surface area (Å²) in [4.78, 5) is 41.2. The monoisotopic (exact) mass is 451 g/mol. The van der Waals surface area contributed by atoms with E-state index in [-0.39, 0.29) is 30.2 Å². The average Bonchev–Trinajstić information content (AvgIpc) is 2.81. The van der Waals surface area contributed by atoms with Gasteiger partial charge in [-0.2, -0.15) is 0 Å². The molecule has 0 atom stereocenters. The predicted molar refractivity (Wildman–Crippen MR) is 128 cm³/mol. The molecule has 0 saturated carbocycles. The van der Waals surface area contributed by atoms with E-state index in [1.807, 2.05) is 63.2 Å². The van der Waals surface area contributed by atoms with E-state index >= 15 is 0 Å². The molecule has 2 aromatic rings. The van der Waals surface area contributed by atoms with Gasteiger partial charge in [0.25, 0.3) is 0 Å². The van der Waals surface area contributed by atoms with Crippen molar-refractivity contribution in [1.29, 1.82) is 0 Å². The first-order valence-corrected chi connectivity index (χ1v) is 11.3. The first-order chi connectivity index (χ1) is 15.7. The molecule has 2 N–H and O–H groups in total. The average molecular weight is 452 g/mol. The molecular formula is C26H33N3O4. The van der Waals surface area contributed by atoms with E-state index < -0.39 is 5.60 Å². The fourth-order valence-corrected chi connectivity index (χ4v) is 3.86. The Bertz CT molecular complexity index is 959. The van der Waals surface area contributed by atoms with Crippen molar-refractivity contribution >= 4 is 23.5 Å². The minimum atomic E-state index is -0.543. The summed E-state index contributed by atoms with van der Waals surface area (Å²) >= 11 is 0. The molecule has 176 valence electrons. The summed E-state index contributed by atoms with van der Waals surface area (Å²) in [5, 5.41) is 0. The third-order valence-electron chi connectivity index (χ3n) is 5.63. The van der Waals surface area contributed by atoms with Gasteiger partial charge >= 0.3 is 6.09 Å². The number of piperidine rings is 1. The Morgan fingerprint density at radius 2 is 1.61 bits per heavy atom. The molecule has 3 rings (SSSR count). The van der Waals surface area contributed by atoms with Gasteiger partial charge in [0.1, 0.15) is 5.60 Å². The van der Waals surface area contributed by atoms with Crippen molar-refractivity contribution < 1.29 is 19.1 Å². The van der Waals surface area contributed by atoms with Crippen LogP contribution in [-0.2, 0) is 16.1 Å². The highest BCUT2D eigenvalue weighted by molar-refractivity contribution is 5.97. The van der Waals surface area contributed by atoms with Crippen LogP contribution < -0.4 is 10.6 Å². The number of nitrogens with zero attached hydrogens (tertiary/aromatic N) is 2. The zero-order valence-electron chi connectivity index (χ0n) is 19.6. The van der Waals surface area contributed by atoms with Crippen LogP contribution in [0.3, 0.4) is 0 Å². The molecule has 1 saturated heterocycles. The van der Waals surface area contributed by atoms with Crippen LogP contribution in [0, 0.1) is 5.92 Å². The van der Waals surface area contributed by atoms with Gasteiger partial charge in [0.2, 0.25) is 5.91 Å². The van der Waals surface area contributed by atoms with Gasteiger partial charge in [0.15, 0.2) is 5.78 Å². The first kappa shape index (κ1) is 24.5. The molecule has 7 heteroatoms. The number of nitrogens with two attached hydrogens (primary N) is 1. The zero-order valence-corrected chi connectivity index (χ0v) is 19.6. The number of benzene rings is 2. The maximum Gasteiger partial charge on any atom is 0.410 e. The van der Waals surface area contributed by atoms with E-state index in [0.29, 0.717) is 38.0 Å². The second kappa shape index (κ2) is 10.6. The number of Topliss-reactive ketones (excluding diaryl/α,β-unsaturated/α-hetero) is 1. The van der Waals surface area contributed by atoms with Crippen molar-refractivity contribution in [2.45, 2.75) is 45.8 Å². The van der Waals surface area contributed by atoms with Gasteiger partial charge in [-0.25, -0.2) is 4.79 Å². The molecule has 7 nitrogen and oxygen atoms in total. The molecular weight excluding hydrogens is 418 g/mol. The second-order valence-corrected chi connectivity index (χ2v) is 9.33. The number of ketones is 1. The Kier molecular flexibility index (Phi) is 7.87. The van der Waals surface area contributed by atoms with Crippen LogP contribution >= 0.6 is 0 Å². The quantitative estimate of drug-likeness (QED) is 0.670. The number of amides is 2. The Morgan fingerprint density at radius 1 is 1.00 bits per heavy atom. The lowest BCUT2D eigenvalue weighted by Crippen LogP contribution is -2.45. The van der Waals surface area contributed by atoms with E-state index in [0.717, 1.165) is 11.3 Å². The largest absolute Gasteiger partial charge is 0.444 e. The molecule has 0 aromatic heterocycles. The van der Waals surface area contributed by atoms with E-state index in [4.69, 9.17) is 10.5 Å². The summed E-state index contributed by atoms with van der Waals surface area (Å²) in [7, 11) is 0. The highest BCUT2D eigenvalue weighted by Gasteiger charge is 2.32. The van der Waals surface area contributed by atoms with Crippen molar-refractivity contribution in [2.75, 3.05) is 24.5 Å². The third kappa shape index (κ3) is 6.65. The molecule has 33 heavy (non-hydrogen) atoms. The second-order valence-electron chi connectivity index (χ2n) is 9.33. The predicted octanol–water partition coefficient (Wildman–Crippen LogP) is 4.01. The number of hydrogen-bond donors (Lipinski definition) is 1. The zero-order chi connectivity index (χ0) is 24.0. The van der Waals surface area contributed by atoms with Crippen molar-refractivity contribution in [2.24, 2.45) is 11.7 Å². The van der Waals surface area contributed by atoms with Crippen molar-refractivity contribution in [3.05, 3.63) is 65.7 Å². The number of carbonyl (C=O) groups excluding carboxylic acids is 3. The third-order valence-corrected chi connectivity index (χ3v) is 5.63. The van der Waals surface area contributed by atoms with Crippen LogP contribution in [0.25, 0.3) is 0 Å². The first-order valence-electron chi connectivity index (χ1n) is 11.3. The highest BCUT2D eigenvalue weighted by Crippen LogP contribution is 2.26. The summed E-state index contributed by atoms with van der Waals surface area (Å²) in [6.45, 7) is 6.88. The Morgan fingerprint density at radius 3 is 2.15 bits per heavy atom. The molecule has 0 spiro atoms. The smallest absolute Gasteiger partial charge is 0.410 e. The molecule has 2 amide bonds. The van der Waals surface area contributed by atoms with E-state index in [1.54, 1.807) is 21.9 Å². The molecule has 2 aromatic carbocycles. The molecule has 0 aliphatic carbocycles. The summed E-state index contributed by atoms with van der Waals surface area (Å²) in [6, 6.07) is 16.8. The van der Waals surface area contributed by atoms with Crippen molar-refractivity contribution in [3.63, 3.8) is 0 Å². The molecule has 0 unspecified atom stereocenters. The van der Waals surface area contributed by atoms with Gasteiger partial charge in [-0.05, 0) is 51.3 Å². The van der Waals surface area contributed by atoms with Gasteiger partial charge in [-0.1, -0.05) is 42.5 Å². The standard InChI is InChI=1S/C26H33N3O4/c1-26(2,3)33-25(32)28-15-13-21(14-16-28)24(31)29(22-7-5-4-6-8-22)18-19-9-11-20(12-10-19)23(30)17-27/h4-12,21H,13-18,27H2,1-3H3. The number of likely N-dealkylation sites (tertiary alicyclic amines) is 1. The lowest BCUT2D eigenvalue weighted by atomic mass is 9.95. The Balaban J connectivity index is 1.71. The van der Waals surface area contributed by atoms with Gasteiger partial charge in [-0.3, -0.25) is 9.59 Å². The molecule has 1 aliphatic heterocycles. The SMILES string of the molecule is CC(C)(C)OC(=O)N1CCC(C(=O)N(Cc2ccc(C(=O)CN)cc2)c2ccccc2)CC1. The topological polar surface area (TPSA) is 92.9 Å². The maximum atomic E-state index is 13.6. The number of hydrogen-bond acceptors (Lipinski definition) is 5. The summed E-state index contributed by atoms with van der Waals surface area (Å²) in [5.74, 6) is -0.261. The number of rotatable bonds is 6. The van der Waals surface area contributed by atoms with Crippen LogP contribution in [0.1, 0.15) is 49.5 Å². The fraction of sp³-hybridized carbons (Fsp3) is 0.423. The normalized spacial score (nSPS) is 14.6.